The van der Waals surface area contributed by atoms with Crippen molar-refractivity contribution in [3.8, 4) is 0 Å². The molecule has 21 heavy (non-hydrogen) atoms. The fraction of sp³-hybridized carbons (Fsp3) is 0.176. The molecule has 2 rings (SSSR count). The van der Waals surface area contributed by atoms with E-state index in [0.29, 0.717) is 11.1 Å². The summed E-state index contributed by atoms with van der Waals surface area (Å²) >= 11 is 0. The Hall–Kier alpha value is -1.94. The molecule has 2 aromatic carbocycles. The van der Waals surface area contributed by atoms with Gasteiger partial charge in [-0.3, -0.25) is 0 Å². The molecule has 0 bridgehead atoms. The topological polar surface area (TPSA) is 34.1 Å². The van der Waals surface area contributed by atoms with Gasteiger partial charge >= 0.3 is 0 Å². The minimum Gasteiger partial charge on any atom is -0.227 e. The Morgan fingerprint density at radius 1 is 1.10 bits per heavy atom. The highest BCUT2D eigenvalue weighted by Crippen LogP contribution is 2.34. The Labute approximate surface area is 124 Å². The zero-order valence-electron chi connectivity index (χ0n) is 11.8. The van der Waals surface area contributed by atoms with Gasteiger partial charge < -0.3 is 0 Å². The minimum absolute atomic E-state index is 0.0895. The van der Waals surface area contributed by atoms with Crippen molar-refractivity contribution in [2.24, 2.45) is 0 Å². The van der Waals surface area contributed by atoms with Crippen molar-refractivity contribution in [1.29, 1.82) is 0 Å². The number of hydrogen-bond acceptors (Lipinski definition) is 2. The van der Waals surface area contributed by atoms with Crippen LogP contribution in [0.3, 0.4) is 0 Å². The average Bonchev–Trinajstić information content (AvgIpc) is 2.47. The molecule has 0 aromatic heterocycles. The summed E-state index contributed by atoms with van der Waals surface area (Å²) in [5.41, 5.74) is 1.22. The Bertz CT molecular complexity index is 721. The zero-order chi connectivity index (χ0) is 15.5. The molecule has 110 valence electrons. The third kappa shape index (κ3) is 3.05. The molecular weight excluding hydrogens is 287 g/mol. The molecule has 1 atom stereocenters. The number of benzene rings is 2. The minimum atomic E-state index is -3.53. The van der Waals surface area contributed by atoms with E-state index in [1.54, 1.807) is 31.2 Å². The van der Waals surface area contributed by atoms with Gasteiger partial charge in [-0.15, -0.1) is 6.58 Å². The average molecular weight is 304 g/mol. The van der Waals surface area contributed by atoms with Crippen molar-refractivity contribution in [1.82, 2.24) is 0 Å². The SMILES string of the molecule is C=C[C@@](C)(c1ccc(F)cc1)S(=O)(=O)Cc1ccccc1. The second-order valence-corrected chi connectivity index (χ2v) is 7.43. The molecule has 0 saturated carbocycles. The van der Waals surface area contributed by atoms with Crippen molar-refractivity contribution in [2.75, 3.05) is 0 Å². The summed E-state index contributed by atoms with van der Waals surface area (Å²) in [6.45, 7) is 5.26. The van der Waals surface area contributed by atoms with Gasteiger partial charge in [-0.05, 0) is 30.2 Å². The highest BCUT2D eigenvalue weighted by molar-refractivity contribution is 7.91. The molecule has 0 N–H and O–H groups in total. The van der Waals surface area contributed by atoms with Gasteiger partial charge in [-0.2, -0.15) is 0 Å². The first-order valence-electron chi connectivity index (χ1n) is 6.55. The van der Waals surface area contributed by atoms with Crippen LogP contribution < -0.4 is 0 Å². The van der Waals surface area contributed by atoms with Gasteiger partial charge in [-0.1, -0.05) is 48.5 Å². The molecule has 4 heteroatoms. The number of halogens is 1. The van der Waals surface area contributed by atoms with Crippen molar-refractivity contribution in [3.63, 3.8) is 0 Å². The molecular formula is C17H17FO2S. The third-order valence-electron chi connectivity index (χ3n) is 3.65. The van der Waals surface area contributed by atoms with Crippen molar-refractivity contribution in [3.05, 3.63) is 84.2 Å². The summed E-state index contributed by atoms with van der Waals surface area (Å²) in [7, 11) is -3.53. The van der Waals surface area contributed by atoms with Gasteiger partial charge in [0.1, 0.15) is 10.6 Å². The van der Waals surface area contributed by atoms with Crippen LogP contribution in [-0.2, 0) is 20.3 Å². The largest absolute Gasteiger partial charge is 0.227 e. The maximum atomic E-state index is 13.0. The number of hydrogen-bond donors (Lipinski definition) is 0. The van der Waals surface area contributed by atoms with Crippen molar-refractivity contribution >= 4 is 9.84 Å². The second kappa shape index (κ2) is 5.82. The van der Waals surface area contributed by atoms with Gasteiger partial charge in [0.15, 0.2) is 9.84 Å². The molecule has 0 spiro atoms. The first-order chi connectivity index (χ1) is 9.89. The Kier molecular flexibility index (Phi) is 4.28. The van der Waals surface area contributed by atoms with Gasteiger partial charge in [0.25, 0.3) is 0 Å². The van der Waals surface area contributed by atoms with Crippen molar-refractivity contribution in [2.45, 2.75) is 17.4 Å². The Morgan fingerprint density at radius 2 is 1.67 bits per heavy atom. The summed E-state index contributed by atoms with van der Waals surface area (Å²) in [5, 5.41) is 0. The van der Waals surface area contributed by atoms with E-state index in [1.165, 1.54) is 30.3 Å². The first-order valence-corrected chi connectivity index (χ1v) is 8.20. The van der Waals surface area contributed by atoms with Crippen LogP contribution in [0, 0.1) is 5.82 Å². The first kappa shape index (κ1) is 15.4. The summed E-state index contributed by atoms with van der Waals surface area (Å²) in [6, 6.07) is 14.5. The number of rotatable bonds is 5. The van der Waals surface area contributed by atoms with Gasteiger partial charge in [0.05, 0.1) is 5.75 Å². The molecule has 0 aliphatic heterocycles. The van der Waals surface area contributed by atoms with Crippen LogP contribution in [0.15, 0.2) is 67.3 Å². The lowest BCUT2D eigenvalue weighted by Crippen LogP contribution is -2.31. The molecule has 2 nitrogen and oxygen atoms in total. The molecule has 0 aliphatic rings. The standard InChI is InChI=1S/C17H17FO2S/c1-3-17(2,15-9-11-16(18)12-10-15)21(19,20)13-14-7-5-4-6-8-14/h3-12H,1,13H2,2H3/t17-/m0/s1. The van der Waals surface area contributed by atoms with E-state index in [9.17, 15) is 12.8 Å². The zero-order valence-corrected chi connectivity index (χ0v) is 12.6. The van der Waals surface area contributed by atoms with Gasteiger partial charge in [-0.25, -0.2) is 12.8 Å². The monoisotopic (exact) mass is 304 g/mol. The lowest BCUT2D eigenvalue weighted by Gasteiger charge is -2.26. The van der Waals surface area contributed by atoms with E-state index in [-0.39, 0.29) is 5.75 Å². The molecule has 0 saturated heterocycles. The predicted octanol–water partition coefficient (Wildman–Crippen LogP) is 3.84. The third-order valence-corrected chi connectivity index (χ3v) is 6.06. The molecule has 0 aliphatic carbocycles. The normalized spacial score (nSPS) is 14.4. The highest BCUT2D eigenvalue weighted by Gasteiger charge is 2.37. The fourth-order valence-electron chi connectivity index (χ4n) is 2.15. The summed E-state index contributed by atoms with van der Waals surface area (Å²) in [6.07, 6.45) is 1.40. The van der Waals surface area contributed by atoms with Crippen LogP contribution in [0.5, 0.6) is 0 Å². The summed E-state index contributed by atoms with van der Waals surface area (Å²) < 4.78 is 37.3. The van der Waals surface area contributed by atoms with Gasteiger partial charge in [0.2, 0.25) is 0 Å². The van der Waals surface area contributed by atoms with Crippen LogP contribution in [0.1, 0.15) is 18.1 Å². The second-order valence-electron chi connectivity index (χ2n) is 5.06. The van der Waals surface area contributed by atoms with E-state index >= 15 is 0 Å². The summed E-state index contributed by atoms with van der Waals surface area (Å²) in [4.78, 5) is 0. The number of sulfone groups is 1. The van der Waals surface area contributed by atoms with Crippen LogP contribution in [0.25, 0.3) is 0 Å². The smallest absolute Gasteiger partial charge is 0.167 e. The molecule has 0 heterocycles. The van der Waals surface area contributed by atoms with Crippen LogP contribution in [-0.4, -0.2) is 8.42 Å². The Balaban J connectivity index is 2.43. The van der Waals surface area contributed by atoms with E-state index in [1.807, 2.05) is 6.07 Å². The molecule has 0 unspecified atom stereocenters. The Morgan fingerprint density at radius 3 is 2.19 bits per heavy atom. The molecule has 0 radical (unpaired) electrons. The quantitative estimate of drug-likeness (QED) is 0.786. The van der Waals surface area contributed by atoms with Crippen LogP contribution in [0.4, 0.5) is 4.39 Å². The van der Waals surface area contributed by atoms with E-state index in [2.05, 4.69) is 6.58 Å². The summed E-state index contributed by atoms with van der Waals surface area (Å²) in [5.74, 6) is -0.487. The van der Waals surface area contributed by atoms with Crippen LogP contribution >= 0.6 is 0 Å². The highest BCUT2D eigenvalue weighted by atomic mass is 32.2. The molecule has 2 aromatic rings. The lowest BCUT2D eigenvalue weighted by molar-refractivity contribution is 0.567. The molecule has 0 amide bonds. The predicted molar refractivity (Wildman–Crippen MR) is 83.0 cm³/mol. The molecule has 0 fully saturated rings. The lowest BCUT2D eigenvalue weighted by atomic mass is 10.0. The van der Waals surface area contributed by atoms with E-state index in [0.717, 1.165) is 0 Å². The van der Waals surface area contributed by atoms with Crippen LogP contribution in [0.2, 0.25) is 0 Å². The van der Waals surface area contributed by atoms with E-state index < -0.39 is 20.4 Å². The van der Waals surface area contributed by atoms with Gasteiger partial charge in [0, 0.05) is 0 Å². The maximum Gasteiger partial charge on any atom is 0.167 e. The van der Waals surface area contributed by atoms with E-state index in [4.69, 9.17) is 0 Å². The fourth-order valence-corrected chi connectivity index (χ4v) is 3.83. The maximum absolute atomic E-state index is 13.0. The van der Waals surface area contributed by atoms with Crippen molar-refractivity contribution < 1.29 is 12.8 Å².